The Morgan fingerprint density at radius 2 is 2.17 bits per heavy atom. The molecule has 0 spiro atoms. The zero-order valence-corrected chi connectivity index (χ0v) is 10.5. The number of carbonyl (C=O) groups is 1. The molecule has 2 aromatic rings. The van der Waals surface area contributed by atoms with Gasteiger partial charge in [-0.25, -0.2) is 0 Å². The molecular weight excluding hydrogens is 304 g/mol. The molecule has 1 N–H and O–H groups in total. The Morgan fingerprint density at radius 1 is 1.39 bits per heavy atom. The van der Waals surface area contributed by atoms with Crippen molar-refractivity contribution in [1.29, 1.82) is 0 Å². The van der Waals surface area contributed by atoms with Gasteiger partial charge in [0.05, 0.1) is 15.7 Å². The highest BCUT2D eigenvalue weighted by molar-refractivity contribution is 9.10. The van der Waals surface area contributed by atoms with Crippen LogP contribution in [0.25, 0.3) is 0 Å². The van der Waals surface area contributed by atoms with E-state index < -0.39 is 10.8 Å². The van der Waals surface area contributed by atoms with E-state index in [0.717, 1.165) is 0 Å². The number of nitro groups is 1. The summed E-state index contributed by atoms with van der Waals surface area (Å²) in [5.74, 6) is -0.245. The summed E-state index contributed by atoms with van der Waals surface area (Å²) in [7, 11) is 0. The second-order valence-corrected chi connectivity index (χ2v) is 4.21. The molecule has 0 atom stereocenters. The average Bonchev–Trinajstić information content (AvgIpc) is 2.81. The van der Waals surface area contributed by atoms with Crippen LogP contribution < -0.4 is 5.32 Å². The number of hydrogen-bond donors (Lipinski definition) is 1. The zero-order valence-electron chi connectivity index (χ0n) is 8.92. The standard InChI is InChI=1S/C11H7BrN2O4/c12-8-6-7(3-4-9(8)14(16)17)13-11(15)10-2-1-5-18-10/h1-6H,(H,13,15). The molecule has 0 aliphatic rings. The maximum absolute atomic E-state index is 11.7. The molecule has 1 heterocycles. The number of nitrogens with zero attached hydrogens (tertiary/aromatic N) is 1. The number of anilines is 1. The molecule has 2 rings (SSSR count). The summed E-state index contributed by atoms with van der Waals surface area (Å²) in [6.07, 6.45) is 1.39. The molecule has 92 valence electrons. The van der Waals surface area contributed by atoms with Crippen molar-refractivity contribution in [2.24, 2.45) is 0 Å². The number of furan rings is 1. The smallest absolute Gasteiger partial charge is 0.291 e. The number of carbonyl (C=O) groups excluding carboxylic acids is 1. The molecule has 1 aromatic carbocycles. The number of halogens is 1. The van der Waals surface area contributed by atoms with Gasteiger partial charge in [0.15, 0.2) is 5.76 Å². The number of nitro benzene ring substituents is 1. The van der Waals surface area contributed by atoms with Crippen molar-refractivity contribution >= 4 is 33.2 Å². The van der Waals surface area contributed by atoms with Gasteiger partial charge in [-0.3, -0.25) is 14.9 Å². The van der Waals surface area contributed by atoms with Gasteiger partial charge in [-0.15, -0.1) is 0 Å². The molecular formula is C11H7BrN2O4. The third-order valence-corrected chi connectivity index (χ3v) is 2.78. The van der Waals surface area contributed by atoms with E-state index in [-0.39, 0.29) is 11.4 Å². The normalized spacial score (nSPS) is 10.1. The molecule has 1 amide bonds. The molecule has 0 bridgehead atoms. The molecule has 0 aliphatic heterocycles. The van der Waals surface area contributed by atoms with Crippen molar-refractivity contribution in [2.45, 2.75) is 0 Å². The lowest BCUT2D eigenvalue weighted by atomic mass is 10.3. The number of rotatable bonds is 3. The highest BCUT2D eigenvalue weighted by Crippen LogP contribution is 2.27. The molecule has 7 heteroatoms. The van der Waals surface area contributed by atoms with Gasteiger partial charge in [-0.2, -0.15) is 0 Å². The zero-order chi connectivity index (χ0) is 13.1. The van der Waals surface area contributed by atoms with Crippen molar-refractivity contribution in [2.75, 3.05) is 5.32 Å². The molecule has 1 aromatic heterocycles. The summed E-state index contributed by atoms with van der Waals surface area (Å²) in [5.41, 5.74) is 0.375. The van der Waals surface area contributed by atoms with Crippen LogP contribution in [0.2, 0.25) is 0 Å². The van der Waals surface area contributed by atoms with Crippen LogP contribution in [0.3, 0.4) is 0 Å². The molecule has 0 unspecified atom stereocenters. The first-order chi connectivity index (χ1) is 8.58. The van der Waals surface area contributed by atoms with Crippen LogP contribution in [0.4, 0.5) is 11.4 Å². The second kappa shape index (κ2) is 5.01. The predicted molar refractivity (Wildman–Crippen MR) is 67.5 cm³/mol. The first-order valence-corrected chi connectivity index (χ1v) is 5.66. The molecule has 0 radical (unpaired) electrons. The Balaban J connectivity index is 2.18. The van der Waals surface area contributed by atoms with Gasteiger partial charge in [-0.05, 0) is 40.2 Å². The van der Waals surface area contributed by atoms with Crippen molar-refractivity contribution in [3.05, 3.63) is 56.9 Å². The van der Waals surface area contributed by atoms with Crippen LogP contribution >= 0.6 is 15.9 Å². The van der Waals surface area contributed by atoms with E-state index in [9.17, 15) is 14.9 Å². The van der Waals surface area contributed by atoms with Gasteiger partial charge >= 0.3 is 0 Å². The van der Waals surface area contributed by atoms with Crippen LogP contribution in [0.15, 0.2) is 45.5 Å². The van der Waals surface area contributed by atoms with Crippen LogP contribution in [-0.2, 0) is 0 Å². The van der Waals surface area contributed by atoms with E-state index in [1.54, 1.807) is 6.07 Å². The Bertz CT molecular complexity index is 595. The Kier molecular flexibility index (Phi) is 3.42. The fourth-order valence-corrected chi connectivity index (χ4v) is 1.86. The van der Waals surface area contributed by atoms with E-state index >= 15 is 0 Å². The van der Waals surface area contributed by atoms with Gasteiger partial charge in [0.1, 0.15) is 0 Å². The Morgan fingerprint density at radius 3 is 2.72 bits per heavy atom. The Hall–Kier alpha value is -2.15. The Labute approximate surface area is 110 Å². The second-order valence-electron chi connectivity index (χ2n) is 3.35. The minimum atomic E-state index is -0.512. The van der Waals surface area contributed by atoms with Crippen LogP contribution in [0.5, 0.6) is 0 Å². The van der Waals surface area contributed by atoms with Gasteiger partial charge in [-0.1, -0.05) is 0 Å². The third kappa shape index (κ3) is 2.57. The number of hydrogen-bond acceptors (Lipinski definition) is 4. The molecule has 6 nitrogen and oxygen atoms in total. The van der Waals surface area contributed by atoms with E-state index in [1.807, 2.05) is 0 Å². The minimum absolute atomic E-state index is 0.0639. The first-order valence-electron chi connectivity index (χ1n) is 4.87. The van der Waals surface area contributed by atoms with E-state index in [4.69, 9.17) is 4.42 Å². The average molecular weight is 311 g/mol. The lowest BCUT2D eigenvalue weighted by molar-refractivity contribution is -0.385. The molecule has 18 heavy (non-hydrogen) atoms. The van der Waals surface area contributed by atoms with Crippen molar-refractivity contribution in [1.82, 2.24) is 0 Å². The van der Waals surface area contributed by atoms with Crippen molar-refractivity contribution in [3.8, 4) is 0 Å². The largest absolute Gasteiger partial charge is 0.459 e. The lowest BCUT2D eigenvalue weighted by Gasteiger charge is -2.03. The van der Waals surface area contributed by atoms with Crippen LogP contribution in [0.1, 0.15) is 10.6 Å². The molecule has 0 fully saturated rings. The monoisotopic (exact) mass is 310 g/mol. The quantitative estimate of drug-likeness (QED) is 0.696. The highest BCUT2D eigenvalue weighted by Gasteiger charge is 2.14. The van der Waals surface area contributed by atoms with Crippen LogP contribution in [0, 0.1) is 10.1 Å². The summed E-state index contributed by atoms with van der Waals surface area (Å²) in [6.45, 7) is 0. The maximum atomic E-state index is 11.7. The minimum Gasteiger partial charge on any atom is -0.459 e. The SMILES string of the molecule is O=C(Nc1ccc([N+](=O)[O-])c(Br)c1)c1ccco1. The fraction of sp³-hybridized carbons (Fsp3) is 0. The van der Waals surface area contributed by atoms with Crippen molar-refractivity contribution < 1.29 is 14.1 Å². The number of amides is 1. The third-order valence-electron chi connectivity index (χ3n) is 2.15. The van der Waals surface area contributed by atoms with E-state index in [2.05, 4.69) is 21.2 Å². The van der Waals surface area contributed by atoms with Crippen molar-refractivity contribution in [3.63, 3.8) is 0 Å². The summed E-state index contributed by atoms with van der Waals surface area (Å²) < 4.78 is 5.22. The fourth-order valence-electron chi connectivity index (χ4n) is 1.33. The van der Waals surface area contributed by atoms with Gasteiger partial charge in [0.25, 0.3) is 11.6 Å². The number of nitrogens with one attached hydrogen (secondary N) is 1. The summed E-state index contributed by atoms with van der Waals surface area (Å²) >= 11 is 3.07. The highest BCUT2D eigenvalue weighted by atomic mass is 79.9. The predicted octanol–water partition coefficient (Wildman–Crippen LogP) is 3.20. The number of benzene rings is 1. The van der Waals surface area contributed by atoms with Gasteiger partial charge < -0.3 is 9.73 Å². The van der Waals surface area contributed by atoms with E-state index in [1.165, 1.54) is 30.5 Å². The van der Waals surface area contributed by atoms with E-state index in [0.29, 0.717) is 10.2 Å². The summed E-state index contributed by atoms with van der Waals surface area (Å²) in [6, 6.07) is 7.33. The van der Waals surface area contributed by atoms with Gasteiger partial charge in [0.2, 0.25) is 0 Å². The topological polar surface area (TPSA) is 85.4 Å². The van der Waals surface area contributed by atoms with Gasteiger partial charge in [0, 0.05) is 11.8 Å². The summed E-state index contributed by atoms with van der Waals surface area (Å²) in [4.78, 5) is 21.8. The summed E-state index contributed by atoms with van der Waals surface area (Å²) in [5, 5.41) is 13.2. The molecule has 0 saturated carbocycles. The first kappa shape index (κ1) is 12.3. The van der Waals surface area contributed by atoms with Crippen LogP contribution in [-0.4, -0.2) is 10.8 Å². The molecule has 0 aliphatic carbocycles. The maximum Gasteiger partial charge on any atom is 0.291 e. The lowest BCUT2D eigenvalue weighted by Crippen LogP contribution is -2.10. The molecule has 0 saturated heterocycles.